The van der Waals surface area contributed by atoms with Gasteiger partial charge in [-0.2, -0.15) is 8.42 Å². The zero-order chi connectivity index (χ0) is 23.8. The van der Waals surface area contributed by atoms with Crippen LogP contribution < -0.4 is 4.31 Å². The van der Waals surface area contributed by atoms with Crippen LogP contribution in [0.4, 0.5) is 5.69 Å². The monoisotopic (exact) mass is 466 g/mol. The number of hydrogen-bond acceptors (Lipinski definition) is 5. The predicted octanol–water partition coefficient (Wildman–Crippen LogP) is 3.66. The van der Waals surface area contributed by atoms with Crippen LogP contribution in [0.2, 0.25) is 0 Å². The fourth-order valence-electron chi connectivity index (χ4n) is 3.29. The van der Waals surface area contributed by atoms with Crippen LogP contribution in [-0.4, -0.2) is 44.8 Å². The molecular weight excluding hydrogens is 440 g/mol. The zero-order valence-corrected chi connectivity index (χ0v) is 19.4. The van der Waals surface area contributed by atoms with E-state index in [1.165, 1.54) is 13.1 Å². The molecule has 8 heteroatoms. The van der Waals surface area contributed by atoms with Gasteiger partial charge in [-0.1, -0.05) is 60.7 Å². The van der Waals surface area contributed by atoms with E-state index in [0.717, 1.165) is 15.4 Å². The first-order valence-corrected chi connectivity index (χ1v) is 11.9. The molecule has 0 fully saturated rings. The van der Waals surface area contributed by atoms with Gasteiger partial charge in [0, 0.05) is 12.6 Å². The number of para-hydroxylation sites is 1. The minimum absolute atomic E-state index is 0.0714. The van der Waals surface area contributed by atoms with Gasteiger partial charge in [0.15, 0.2) is 0 Å². The number of anilines is 1. The van der Waals surface area contributed by atoms with Crippen LogP contribution >= 0.6 is 0 Å². The highest BCUT2D eigenvalue weighted by Gasteiger charge is 2.34. The van der Waals surface area contributed by atoms with Crippen LogP contribution in [0.15, 0.2) is 84.9 Å². The summed E-state index contributed by atoms with van der Waals surface area (Å²) in [5.74, 6) is -1.61. The van der Waals surface area contributed by atoms with Crippen molar-refractivity contribution in [3.63, 3.8) is 0 Å². The van der Waals surface area contributed by atoms with E-state index in [2.05, 4.69) is 0 Å². The molecule has 3 rings (SSSR count). The first-order valence-electron chi connectivity index (χ1n) is 10.5. The van der Waals surface area contributed by atoms with Gasteiger partial charge < -0.3 is 4.74 Å². The minimum Gasteiger partial charge on any atom is -0.465 e. The second-order valence-electron chi connectivity index (χ2n) is 7.29. The molecule has 3 aromatic carbocycles. The first-order chi connectivity index (χ1) is 15.8. The Balaban J connectivity index is 1.94. The summed E-state index contributed by atoms with van der Waals surface area (Å²) in [6, 6.07) is 24.8. The molecule has 0 N–H and O–H groups in total. The average molecular weight is 467 g/mol. The van der Waals surface area contributed by atoms with Crippen LogP contribution in [0.25, 0.3) is 0 Å². The molecular formula is C25H26N2O5S. The third kappa shape index (κ3) is 5.98. The Hall–Kier alpha value is -3.65. The maximum absolute atomic E-state index is 13.4. The summed E-state index contributed by atoms with van der Waals surface area (Å²) in [7, 11) is -3.04. The minimum atomic E-state index is -4.37. The Kier molecular flexibility index (Phi) is 7.84. The summed E-state index contributed by atoms with van der Waals surface area (Å²) in [5.41, 5.74) is 2.42. The number of carbonyl (C=O) groups is 2. The third-order valence-electron chi connectivity index (χ3n) is 4.97. The summed E-state index contributed by atoms with van der Waals surface area (Å²) in [6.07, 6.45) is 0.580. The zero-order valence-electron chi connectivity index (χ0n) is 18.5. The van der Waals surface area contributed by atoms with Crippen molar-refractivity contribution in [2.24, 2.45) is 0 Å². The lowest BCUT2D eigenvalue weighted by atomic mass is 10.0. The predicted molar refractivity (Wildman–Crippen MR) is 127 cm³/mol. The molecule has 0 saturated carbocycles. The van der Waals surface area contributed by atoms with Crippen LogP contribution in [-0.2, 0) is 26.2 Å². The molecule has 0 aliphatic heterocycles. The molecule has 0 radical (unpaired) electrons. The third-order valence-corrected chi connectivity index (χ3v) is 6.73. The molecule has 7 nitrogen and oxygen atoms in total. The summed E-state index contributed by atoms with van der Waals surface area (Å²) in [5, 5.41) is 0. The van der Waals surface area contributed by atoms with E-state index in [9.17, 15) is 18.0 Å². The summed E-state index contributed by atoms with van der Waals surface area (Å²) in [4.78, 5) is 25.6. The summed E-state index contributed by atoms with van der Waals surface area (Å²) < 4.78 is 33.2. The molecule has 0 unspecified atom stereocenters. The number of ether oxygens (including phenoxy) is 1. The van der Waals surface area contributed by atoms with Gasteiger partial charge in [-0.05, 0) is 48.7 Å². The van der Waals surface area contributed by atoms with E-state index in [4.69, 9.17) is 4.74 Å². The fourth-order valence-corrected chi connectivity index (χ4v) is 4.56. The van der Waals surface area contributed by atoms with E-state index < -0.39 is 28.6 Å². The van der Waals surface area contributed by atoms with Crippen LogP contribution in [0.3, 0.4) is 0 Å². The van der Waals surface area contributed by atoms with Crippen LogP contribution in [0.1, 0.15) is 28.4 Å². The van der Waals surface area contributed by atoms with Crippen LogP contribution in [0.5, 0.6) is 0 Å². The Labute approximate surface area is 194 Å². The Bertz CT molecular complexity index is 1200. The van der Waals surface area contributed by atoms with Crippen LogP contribution in [0, 0.1) is 0 Å². The number of benzene rings is 3. The van der Waals surface area contributed by atoms with Gasteiger partial charge in [0.2, 0.25) is 0 Å². The van der Waals surface area contributed by atoms with Gasteiger partial charge >= 0.3 is 16.2 Å². The van der Waals surface area contributed by atoms with Gasteiger partial charge in [-0.15, -0.1) is 0 Å². The van der Waals surface area contributed by atoms with E-state index >= 15 is 0 Å². The highest BCUT2D eigenvalue weighted by molar-refractivity contribution is 7.91. The van der Waals surface area contributed by atoms with Crippen molar-refractivity contribution in [1.29, 1.82) is 0 Å². The van der Waals surface area contributed by atoms with Crippen molar-refractivity contribution in [3.8, 4) is 0 Å². The standard InChI is InChI=1S/C25H26N2O5S/c1-3-32-24(28)19-27(33(30,31)26(2)23-15-8-5-9-16-23)25(29)22-14-10-13-21(18-22)17-20-11-6-4-7-12-20/h4-16,18H,3,17,19H2,1-2H3. The number of hydrogen-bond donors (Lipinski definition) is 0. The highest BCUT2D eigenvalue weighted by Crippen LogP contribution is 2.21. The second kappa shape index (κ2) is 10.8. The lowest BCUT2D eigenvalue weighted by Gasteiger charge is -2.28. The van der Waals surface area contributed by atoms with Gasteiger partial charge in [0.1, 0.15) is 6.54 Å². The molecule has 0 aliphatic rings. The van der Waals surface area contributed by atoms with Crippen molar-refractivity contribution in [2.75, 3.05) is 24.5 Å². The Morgan fingerprint density at radius 1 is 0.848 bits per heavy atom. The van der Waals surface area contributed by atoms with E-state index in [1.807, 2.05) is 36.4 Å². The van der Waals surface area contributed by atoms with Crippen molar-refractivity contribution < 1.29 is 22.7 Å². The van der Waals surface area contributed by atoms with Crippen molar-refractivity contribution in [3.05, 3.63) is 102 Å². The molecule has 33 heavy (non-hydrogen) atoms. The van der Waals surface area contributed by atoms with E-state index in [1.54, 1.807) is 49.4 Å². The molecule has 0 atom stereocenters. The Morgan fingerprint density at radius 2 is 1.45 bits per heavy atom. The normalized spacial score (nSPS) is 11.0. The molecule has 0 heterocycles. The molecule has 0 spiro atoms. The topological polar surface area (TPSA) is 84.0 Å². The molecule has 172 valence electrons. The maximum Gasteiger partial charge on any atom is 0.329 e. The maximum atomic E-state index is 13.4. The van der Waals surface area contributed by atoms with Gasteiger partial charge in [0.05, 0.1) is 12.3 Å². The molecule has 0 aliphatic carbocycles. The van der Waals surface area contributed by atoms with Gasteiger partial charge in [-0.3, -0.25) is 13.9 Å². The lowest BCUT2D eigenvalue weighted by Crippen LogP contribution is -2.48. The molecule has 0 bridgehead atoms. The number of amides is 1. The highest BCUT2D eigenvalue weighted by atomic mass is 32.2. The largest absolute Gasteiger partial charge is 0.465 e. The number of carbonyl (C=O) groups excluding carboxylic acids is 2. The van der Waals surface area contributed by atoms with Crippen molar-refractivity contribution >= 4 is 27.8 Å². The lowest BCUT2D eigenvalue weighted by molar-refractivity contribution is -0.142. The van der Waals surface area contributed by atoms with Crippen molar-refractivity contribution in [1.82, 2.24) is 4.31 Å². The molecule has 1 amide bonds. The van der Waals surface area contributed by atoms with Crippen molar-refractivity contribution in [2.45, 2.75) is 13.3 Å². The van der Waals surface area contributed by atoms with E-state index in [-0.39, 0.29) is 12.2 Å². The summed E-state index contributed by atoms with van der Waals surface area (Å²) in [6.45, 7) is 0.957. The molecule has 0 saturated heterocycles. The Morgan fingerprint density at radius 3 is 2.09 bits per heavy atom. The number of esters is 1. The van der Waals surface area contributed by atoms with E-state index in [0.29, 0.717) is 16.4 Å². The smallest absolute Gasteiger partial charge is 0.329 e. The SMILES string of the molecule is CCOC(=O)CN(C(=O)c1cccc(Cc2ccccc2)c1)S(=O)(=O)N(C)c1ccccc1. The molecule has 0 aromatic heterocycles. The second-order valence-corrected chi connectivity index (χ2v) is 9.17. The van der Waals surface area contributed by atoms with Gasteiger partial charge in [0.25, 0.3) is 5.91 Å². The fraction of sp³-hybridized carbons (Fsp3) is 0.200. The number of rotatable bonds is 9. The number of nitrogens with zero attached hydrogens (tertiary/aromatic N) is 2. The average Bonchev–Trinajstić information content (AvgIpc) is 2.83. The first kappa shape index (κ1) is 24.0. The van der Waals surface area contributed by atoms with Gasteiger partial charge in [-0.25, -0.2) is 4.31 Å². The molecule has 3 aromatic rings. The quantitative estimate of drug-likeness (QED) is 0.450. The summed E-state index contributed by atoms with van der Waals surface area (Å²) >= 11 is 0.